The van der Waals surface area contributed by atoms with Crippen molar-refractivity contribution >= 4 is 23.2 Å². The van der Waals surface area contributed by atoms with E-state index in [1.807, 2.05) is 9.80 Å². The Morgan fingerprint density at radius 3 is 2.58 bits per heavy atom. The van der Waals surface area contributed by atoms with E-state index in [0.717, 1.165) is 51.9 Å². The van der Waals surface area contributed by atoms with Gasteiger partial charge in [0.15, 0.2) is 0 Å². The smallest absolute Gasteiger partial charge is 0.265 e. The van der Waals surface area contributed by atoms with Gasteiger partial charge in [0.1, 0.15) is 15.7 Å². The number of halogens is 1. The maximum absolute atomic E-state index is 15.1. The van der Waals surface area contributed by atoms with E-state index in [0.29, 0.717) is 28.0 Å². The molecule has 2 atom stereocenters. The van der Waals surface area contributed by atoms with E-state index in [1.165, 1.54) is 30.2 Å². The SMILES string of the molecule is C[C@H]1CCCN1CC1CCCN1C(=O)c1ccc(-c2ncc(C(=O)N3CCCC3)s2)cc1F. The van der Waals surface area contributed by atoms with Crippen LogP contribution >= 0.6 is 11.3 Å². The van der Waals surface area contributed by atoms with Crippen LogP contribution < -0.4 is 0 Å². The molecule has 2 aromatic rings. The molecule has 0 spiro atoms. The van der Waals surface area contributed by atoms with Gasteiger partial charge in [-0.1, -0.05) is 6.07 Å². The summed E-state index contributed by atoms with van der Waals surface area (Å²) in [5.74, 6) is -0.756. The Morgan fingerprint density at radius 2 is 1.85 bits per heavy atom. The first-order valence-corrected chi connectivity index (χ1v) is 12.9. The molecule has 6 nitrogen and oxygen atoms in total. The number of rotatable bonds is 5. The van der Waals surface area contributed by atoms with Gasteiger partial charge in [0.25, 0.3) is 11.8 Å². The highest BCUT2D eigenvalue weighted by molar-refractivity contribution is 7.16. The van der Waals surface area contributed by atoms with Gasteiger partial charge in [-0.15, -0.1) is 11.3 Å². The van der Waals surface area contributed by atoms with Gasteiger partial charge in [-0.05, 0) is 64.1 Å². The number of amides is 2. The van der Waals surface area contributed by atoms with E-state index in [9.17, 15) is 9.59 Å². The standard InChI is InChI=1S/C25H31FN4O2S/c1-17-6-4-12-29(17)16-19-7-5-13-30(19)24(31)20-9-8-18(14-21(20)26)23-27-15-22(33-23)25(32)28-10-2-3-11-28/h8-9,14-15,17,19H,2-7,10-13,16H2,1H3/t17-,19?/m0/s1. The molecule has 4 heterocycles. The third-order valence-corrected chi connectivity index (χ3v) is 8.36. The molecular weight excluding hydrogens is 439 g/mol. The molecule has 0 N–H and O–H groups in total. The number of nitrogens with zero attached hydrogens (tertiary/aromatic N) is 4. The molecule has 1 aromatic heterocycles. The minimum atomic E-state index is -0.527. The Bertz CT molecular complexity index is 1040. The van der Waals surface area contributed by atoms with Crippen molar-refractivity contribution in [3.8, 4) is 10.6 Å². The zero-order valence-corrected chi connectivity index (χ0v) is 20.0. The van der Waals surface area contributed by atoms with Crippen molar-refractivity contribution in [2.75, 3.05) is 32.7 Å². The summed E-state index contributed by atoms with van der Waals surface area (Å²) in [5, 5.41) is 0.595. The van der Waals surface area contributed by atoms with E-state index in [-0.39, 0.29) is 23.4 Å². The van der Waals surface area contributed by atoms with E-state index in [1.54, 1.807) is 18.3 Å². The Kier molecular flexibility index (Phi) is 6.47. The Labute approximate surface area is 198 Å². The molecule has 0 bridgehead atoms. The molecule has 3 fully saturated rings. The third kappa shape index (κ3) is 4.55. The lowest BCUT2D eigenvalue weighted by Gasteiger charge is -2.31. The molecule has 1 aromatic carbocycles. The van der Waals surface area contributed by atoms with Crippen LogP contribution in [0.25, 0.3) is 10.6 Å². The Hall–Kier alpha value is -2.32. The first kappa shape index (κ1) is 22.5. The van der Waals surface area contributed by atoms with Crippen LogP contribution in [0.1, 0.15) is 65.5 Å². The second-order valence-corrected chi connectivity index (χ2v) is 10.5. The van der Waals surface area contributed by atoms with Gasteiger partial charge in [0.2, 0.25) is 0 Å². The molecule has 0 aliphatic carbocycles. The number of thiazole rings is 1. The van der Waals surface area contributed by atoms with Gasteiger partial charge in [0, 0.05) is 43.8 Å². The average Bonchev–Trinajstić information content (AvgIpc) is 3.61. The number of hydrogen-bond donors (Lipinski definition) is 0. The lowest BCUT2D eigenvalue weighted by molar-refractivity contribution is 0.0691. The first-order valence-electron chi connectivity index (χ1n) is 12.1. The maximum Gasteiger partial charge on any atom is 0.265 e. The molecule has 2 amide bonds. The van der Waals surface area contributed by atoms with Crippen LogP contribution in [-0.4, -0.2) is 76.3 Å². The normalized spacial score (nSPS) is 23.6. The number of hydrogen-bond acceptors (Lipinski definition) is 5. The van der Waals surface area contributed by atoms with Crippen molar-refractivity contribution in [1.29, 1.82) is 0 Å². The van der Waals surface area contributed by atoms with Gasteiger partial charge < -0.3 is 9.80 Å². The summed E-state index contributed by atoms with van der Waals surface area (Å²) in [6.07, 6.45) is 8.00. The first-order chi connectivity index (χ1) is 16.0. The Balaban J connectivity index is 1.29. The number of benzene rings is 1. The summed E-state index contributed by atoms with van der Waals surface area (Å²) in [6, 6.07) is 5.40. The minimum Gasteiger partial charge on any atom is -0.338 e. The largest absolute Gasteiger partial charge is 0.338 e. The predicted molar refractivity (Wildman–Crippen MR) is 127 cm³/mol. The van der Waals surface area contributed by atoms with Crippen LogP contribution in [0.15, 0.2) is 24.4 Å². The number of carbonyl (C=O) groups is 2. The highest BCUT2D eigenvalue weighted by Crippen LogP contribution is 2.30. The summed E-state index contributed by atoms with van der Waals surface area (Å²) < 4.78 is 15.1. The minimum absolute atomic E-state index is 0.00378. The topological polar surface area (TPSA) is 56.8 Å². The lowest BCUT2D eigenvalue weighted by atomic mass is 10.1. The van der Waals surface area contributed by atoms with Gasteiger partial charge in [-0.25, -0.2) is 9.37 Å². The van der Waals surface area contributed by atoms with Crippen LogP contribution in [0.3, 0.4) is 0 Å². The number of likely N-dealkylation sites (tertiary alicyclic amines) is 3. The zero-order valence-electron chi connectivity index (χ0n) is 19.1. The third-order valence-electron chi connectivity index (χ3n) is 7.33. The molecule has 33 heavy (non-hydrogen) atoms. The molecule has 3 aliphatic rings. The van der Waals surface area contributed by atoms with Gasteiger partial charge in [0.05, 0.1) is 11.8 Å². The average molecular weight is 471 g/mol. The predicted octanol–water partition coefficient (Wildman–Crippen LogP) is 4.27. The molecule has 1 unspecified atom stereocenters. The zero-order chi connectivity index (χ0) is 22.9. The molecule has 5 rings (SSSR count). The fourth-order valence-corrected chi connectivity index (χ4v) is 6.27. The van der Waals surface area contributed by atoms with Crippen LogP contribution in [0.5, 0.6) is 0 Å². The Morgan fingerprint density at radius 1 is 1.06 bits per heavy atom. The highest BCUT2D eigenvalue weighted by Gasteiger charge is 2.34. The van der Waals surface area contributed by atoms with E-state index in [2.05, 4.69) is 16.8 Å². The summed E-state index contributed by atoms with van der Waals surface area (Å²) >= 11 is 1.28. The number of carbonyl (C=O) groups excluding carboxylic acids is 2. The fourth-order valence-electron chi connectivity index (χ4n) is 5.39. The van der Waals surface area contributed by atoms with Crippen molar-refractivity contribution in [2.24, 2.45) is 0 Å². The summed E-state index contributed by atoms with van der Waals surface area (Å²) in [5.41, 5.74) is 0.712. The molecule has 8 heteroatoms. The molecule has 3 aliphatic heterocycles. The van der Waals surface area contributed by atoms with E-state index in [4.69, 9.17) is 0 Å². The van der Waals surface area contributed by atoms with Crippen molar-refractivity contribution in [3.05, 3.63) is 40.7 Å². The van der Waals surface area contributed by atoms with Crippen LogP contribution in [0.2, 0.25) is 0 Å². The van der Waals surface area contributed by atoms with Gasteiger partial charge in [-0.2, -0.15) is 0 Å². The molecule has 0 saturated carbocycles. The fraction of sp³-hybridized carbons (Fsp3) is 0.560. The molecule has 0 radical (unpaired) electrons. The summed E-state index contributed by atoms with van der Waals surface area (Å²) in [7, 11) is 0. The van der Waals surface area contributed by atoms with Gasteiger partial charge in [-0.3, -0.25) is 14.5 Å². The highest BCUT2D eigenvalue weighted by atomic mass is 32.1. The van der Waals surface area contributed by atoms with E-state index >= 15 is 4.39 Å². The van der Waals surface area contributed by atoms with Crippen molar-refractivity contribution in [2.45, 2.75) is 57.5 Å². The van der Waals surface area contributed by atoms with Gasteiger partial charge >= 0.3 is 0 Å². The van der Waals surface area contributed by atoms with E-state index < -0.39 is 5.82 Å². The van der Waals surface area contributed by atoms with Crippen molar-refractivity contribution < 1.29 is 14.0 Å². The quantitative estimate of drug-likeness (QED) is 0.655. The second kappa shape index (κ2) is 9.50. The van der Waals surface area contributed by atoms with Crippen molar-refractivity contribution in [3.63, 3.8) is 0 Å². The molecular formula is C25H31FN4O2S. The molecule has 3 saturated heterocycles. The maximum atomic E-state index is 15.1. The van der Waals surface area contributed by atoms with Crippen molar-refractivity contribution in [1.82, 2.24) is 19.7 Å². The van der Waals surface area contributed by atoms with Crippen LogP contribution in [-0.2, 0) is 0 Å². The summed E-state index contributed by atoms with van der Waals surface area (Å²) in [6.45, 7) is 6.45. The lowest BCUT2D eigenvalue weighted by Crippen LogP contribution is -2.44. The number of aromatic nitrogens is 1. The molecule has 176 valence electrons. The van der Waals surface area contributed by atoms with Crippen LogP contribution in [0, 0.1) is 5.82 Å². The summed E-state index contributed by atoms with van der Waals surface area (Å²) in [4.78, 5) is 36.9. The monoisotopic (exact) mass is 470 g/mol. The van der Waals surface area contributed by atoms with Crippen LogP contribution in [0.4, 0.5) is 4.39 Å². The second-order valence-electron chi connectivity index (χ2n) is 9.50.